The largest absolute Gasteiger partial charge is 0.426 e. The van der Waals surface area contributed by atoms with Crippen molar-refractivity contribution in [3.05, 3.63) is 89.2 Å². The van der Waals surface area contributed by atoms with Crippen molar-refractivity contribution in [1.82, 2.24) is 14.8 Å². The molecule has 1 saturated carbocycles. The van der Waals surface area contributed by atoms with Crippen LogP contribution in [-0.2, 0) is 21.5 Å². The lowest BCUT2D eigenvalue weighted by molar-refractivity contribution is -0.136. The predicted octanol–water partition coefficient (Wildman–Crippen LogP) is 7.50. The molecule has 0 unspecified atom stereocenters. The van der Waals surface area contributed by atoms with Crippen LogP contribution in [0.15, 0.2) is 66.9 Å². The number of esters is 1. The highest BCUT2D eigenvalue weighted by atomic mass is 16.5. The number of morpholine rings is 1. The molecule has 2 amide bonds. The van der Waals surface area contributed by atoms with Gasteiger partial charge in [0.2, 0.25) is 0 Å². The molecule has 2 aromatic carbocycles. The summed E-state index contributed by atoms with van der Waals surface area (Å²) < 4.78 is 11.0. The Balaban J connectivity index is 1.40. The number of benzene rings is 2. The van der Waals surface area contributed by atoms with Gasteiger partial charge in [-0.2, -0.15) is 0 Å². The molecular weight excluding hydrogens is 576 g/mol. The van der Waals surface area contributed by atoms with Crippen LogP contribution in [0.4, 0.5) is 10.5 Å². The SMILES string of the molecule is CC(C)c1cccc(C(C)C)c1NC(=O)N(Cc1ccc(OC(=O)CN2CCOCC2)cc1)CC1(c2ccccn2)CCCCC1. The lowest BCUT2D eigenvalue weighted by Gasteiger charge is -2.41. The smallest absolute Gasteiger partial charge is 0.325 e. The number of hydrogen-bond acceptors (Lipinski definition) is 6. The number of nitrogens with zero attached hydrogens (tertiary/aromatic N) is 3. The lowest BCUT2D eigenvalue weighted by atomic mass is 9.71. The summed E-state index contributed by atoms with van der Waals surface area (Å²) in [6.07, 6.45) is 7.28. The van der Waals surface area contributed by atoms with Gasteiger partial charge >= 0.3 is 12.0 Å². The topological polar surface area (TPSA) is 84.0 Å². The summed E-state index contributed by atoms with van der Waals surface area (Å²) in [4.78, 5) is 35.8. The van der Waals surface area contributed by atoms with E-state index in [-0.39, 0.29) is 35.8 Å². The second-order valence-corrected chi connectivity index (χ2v) is 13.5. The van der Waals surface area contributed by atoms with Crippen molar-refractivity contribution in [3.63, 3.8) is 0 Å². The second kappa shape index (κ2) is 15.7. The Kier molecular flexibility index (Phi) is 11.5. The molecule has 1 N–H and O–H groups in total. The molecule has 0 atom stereocenters. The summed E-state index contributed by atoms with van der Waals surface area (Å²) in [6.45, 7) is 12.6. The van der Waals surface area contributed by atoms with Gasteiger partial charge in [-0.15, -0.1) is 0 Å². The molecule has 1 aromatic heterocycles. The summed E-state index contributed by atoms with van der Waals surface area (Å²) in [6, 6.07) is 19.9. The van der Waals surface area contributed by atoms with Gasteiger partial charge in [0.05, 0.1) is 19.8 Å². The van der Waals surface area contributed by atoms with E-state index in [1.165, 1.54) is 6.42 Å². The van der Waals surface area contributed by atoms with Crippen LogP contribution in [0.3, 0.4) is 0 Å². The van der Waals surface area contributed by atoms with Crippen LogP contribution in [0.25, 0.3) is 0 Å². The molecule has 0 bridgehead atoms. The Labute approximate surface area is 274 Å². The fraction of sp³-hybridized carbons (Fsp3) is 0.500. The number of pyridine rings is 1. The first kappa shape index (κ1) is 33.6. The number of nitrogens with one attached hydrogen (secondary N) is 1. The molecule has 1 aliphatic carbocycles. The van der Waals surface area contributed by atoms with E-state index in [1.807, 2.05) is 46.3 Å². The van der Waals surface area contributed by atoms with Crippen molar-refractivity contribution < 1.29 is 19.1 Å². The summed E-state index contributed by atoms with van der Waals surface area (Å²) in [5.41, 5.74) is 5.00. The molecule has 246 valence electrons. The normalized spacial score (nSPS) is 16.7. The number of amides is 2. The second-order valence-electron chi connectivity index (χ2n) is 13.5. The molecule has 8 heteroatoms. The first-order valence-electron chi connectivity index (χ1n) is 16.9. The van der Waals surface area contributed by atoms with E-state index in [2.05, 4.69) is 63.3 Å². The molecule has 2 aliphatic rings. The highest BCUT2D eigenvalue weighted by Gasteiger charge is 2.38. The van der Waals surface area contributed by atoms with Gasteiger partial charge in [-0.3, -0.25) is 14.7 Å². The van der Waals surface area contributed by atoms with Gasteiger partial charge in [0, 0.05) is 49.2 Å². The third-order valence-electron chi connectivity index (χ3n) is 9.39. The standard InChI is InChI=1S/C38H50N4O4/c1-28(2)32-11-10-12-33(29(3)4)36(32)40-37(44)42(27-38(18-7-5-8-19-38)34-13-6-9-20-39-34)25-30-14-16-31(17-15-30)46-35(43)26-41-21-23-45-24-22-41/h6,9-17,20,28-29H,5,7-8,18-19,21-27H2,1-4H3,(H,40,44). The number of rotatable bonds is 11. The lowest BCUT2D eigenvalue weighted by Crippen LogP contribution is -2.46. The fourth-order valence-electron chi connectivity index (χ4n) is 6.84. The highest BCUT2D eigenvalue weighted by Crippen LogP contribution is 2.40. The van der Waals surface area contributed by atoms with Crippen molar-refractivity contribution >= 4 is 17.7 Å². The van der Waals surface area contributed by atoms with Gasteiger partial charge in [0.25, 0.3) is 0 Å². The van der Waals surface area contributed by atoms with Crippen LogP contribution in [0, 0.1) is 0 Å². The number of ether oxygens (including phenoxy) is 2. The highest BCUT2D eigenvalue weighted by molar-refractivity contribution is 5.91. The maximum absolute atomic E-state index is 14.4. The van der Waals surface area contributed by atoms with E-state index in [1.54, 1.807) is 0 Å². The minimum Gasteiger partial charge on any atom is -0.426 e. The molecule has 8 nitrogen and oxygen atoms in total. The zero-order valence-corrected chi connectivity index (χ0v) is 28.0. The van der Waals surface area contributed by atoms with Gasteiger partial charge < -0.3 is 19.7 Å². The summed E-state index contributed by atoms with van der Waals surface area (Å²) >= 11 is 0. The number of urea groups is 1. The minimum absolute atomic E-state index is 0.114. The molecule has 5 rings (SSSR count). The maximum Gasteiger partial charge on any atom is 0.325 e. The Morgan fingerprint density at radius 1 is 0.913 bits per heavy atom. The van der Waals surface area contributed by atoms with Crippen molar-refractivity contribution in [2.45, 2.75) is 83.6 Å². The van der Waals surface area contributed by atoms with Crippen molar-refractivity contribution in [2.75, 3.05) is 44.7 Å². The van der Waals surface area contributed by atoms with Crippen LogP contribution < -0.4 is 10.1 Å². The summed E-state index contributed by atoms with van der Waals surface area (Å²) in [5.74, 6) is 0.746. The van der Waals surface area contributed by atoms with E-state index in [9.17, 15) is 9.59 Å². The Morgan fingerprint density at radius 2 is 1.59 bits per heavy atom. The Bertz CT molecular complexity index is 1400. The predicted molar refractivity (Wildman–Crippen MR) is 182 cm³/mol. The summed E-state index contributed by atoms with van der Waals surface area (Å²) in [7, 11) is 0. The van der Waals surface area contributed by atoms with Crippen molar-refractivity contribution in [2.24, 2.45) is 0 Å². The minimum atomic E-state index is -0.282. The molecule has 1 aliphatic heterocycles. The van der Waals surface area contributed by atoms with Crippen LogP contribution in [-0.4, -0.2) is 66.2 Å². The Morgan fingerprint density at radius 3 is 2.20 bits per heavy atom. The van der Waals surface area contributed by atoms with E-state index >= 15 is 0 Å². The quantitative estimate of drug-likeness (QED) is 0.175. The number of aromatic nitrogens is 1. The number of carbonyl (C=O) groups excluding carboxylic acids is 2. The molecule has 3 aromatic rings. The van der Waals surface area contributed by atoms with Gasteiger partial charge in [-0.1, -0.05) is 83.4 Å². The Hall–Kier alpha value is -3.75. The van der Waals surface area contributed by atoms with Crippen LogP contribution in [0.1, 0.15) is 94.0 Å². The zero-order valence-electron chi connectivity index (χ0n) is 28.0. The monoisotopic (exact) mass is 626 g/mol. The molecular formula is C38H50N4O4. The van der Waals surface area contributed by atoms with Gasteiger partial charge in [0.15, 0.2) is 0 Å². The average molecular weight is 627 g/mol. The van der Waals surface area contributed by atoms with E-state index in [4.69, 9.17) is 14.5 Å². The van der Waals surface area contributed by atoms with Gasteiger partial charge in [-0.05, 0) is 65.6 Å². The third-order valence-corrected chi connectivity index (χ3v) is 9.39. The molecule has 46 heavy (non-hydrogen) atoms. The van der Waals surface area contributed by atoms with Crippen LogP contribution in [0.2, 0.25) is 0 Å². The third kappa shape index (κ3) is 8.53. The van der Waals surface area contributed by atoms with Crippen LogP contribution >= 0.6 is 0 Å². The van der Waals surface area contributed by atoms with E-state index in [0.717, 1.165) is 66.8 Å². The molecule has 2 heterocycles. The first-order chi connectivity index (χ1) is 22.2. The van der Waals surface area contributed by atoms with Crippen LogP contribution in [0.5, 0.6) is 5.75 Å². The fourth-order valence-corrected chi connectivity index (χ4v) is 6.84. The van der Waals surface area contributed by atoms with Crippen molar-refractivity contribution in [1.29, 1.82) is 0 Å². The molecule has 0 spiro atoms. The van der Waals surface area contributed by atoms with E-state index in [0.29, 0.717) is 32.1 Å². The number of para-hydroxylation sites is 1. The van der Waals surface area contributed by atoms with Gasteiger partial charge in [0.1, 0.15) is 5.75 Å². The number of hydrogen-bond donors (Lipinski definition) is 1. The number of anilines is 1. The van der Waals surface area contributed by atoms with Gasteiger partial charge in [-0.25, -0.2) is 4.79 Å². The number of carbonyl (C=O) groups is 2. The molecule has 1 saturated heterocycles. The molecule has 2 fully saturated rings. The molecule has 0 radical (unpaired) electrons. The summed E-state index contributed by atoms with van der Waals surface area (Å²) in [5, 5.41) is 3.38. The first-order valence-corrected chi connectivity index (χ1v) is 16.9. The van der Waals surface area contributed by atoms with E-state index < -0.39 is 0 Å². The maximum atomic E-state index is 14.4. The van der Waals surface area contributed by atoms with Crippen molar-refractivity contribution in [3.8, 4) is 5.75 Å². The average Bonchev–Trinajstić information content (AvgIpc) is 3.06. The zero-order chi connectivity index (χ0) is 32.5.